The summed E-state index contributed by atoms with van der Waals surface area (Å²) in [4.78, 5) is 16.4. The summed E-state index contributed by atoms with van der Waals surface area (Å²) in [5, 5.41) is 0. The minimum Gasteiger partial charge on any atom is -0.337 e. The Balaban J connectivity index is 2.67. The van der Waals surface area contributed by atoms with Crippen LogP contribution in [0.5, 0.6) is 0 Å². The fourth-order valence-electron chi connectivity index (χ4n) is 2.18. The normalized spacial score (nSPS) is 25.6. The van der Waals surface area contributed by atoms with E-state index in [4.69, 9.17) is 5.73 Å². The van der Waals surface area contributed by atoms with E-state index in [1.165, 1.54) is 0 Å². The van der Waals surface area contributed by atoms with Gasteiger partial charge < -0.3 is 15.5 Å². The molecule has 0 aromatic rings. The number of rotatable bonds is 2. The summed E-state index contributed by atoms with van der Waals surface area (Å²) >= 11 is 0. The molecule has 1 saturated heterocycles. The van der Waals surface area contributed by atoms with Gasteiger partial charge >= 0.3 is 0 Å². The number of nitrogens with zero attached hydrogens (tertiary/aromatic N) is 2. The zero-order valence-electron chi connectivity index (χ0n) is 10.9. The van der Waals surface area contributed by atoms with Crippen LogP contribution in [0.1, 0.15) is 27.2 Å². The largest absolute Gasteiger partial charge is 0.337 e. The van der Waals surface area contributed by atoms with Gasteiger partial charge in [-0.1, -0.05) is 13.8 Å². The second-order valence-electron chi connectivity index (χ2n) is 5.27. The zero-order chi connectivity index (χ0) is 12.3. The lowest BCUT2D eigenvalue weighted by atomic mass is 10.0. The van der Waals surface area contributed by atoms with E-state index in [-0.39, 0.29) is 23.9 Å². The fourth-order valence-corrected chi connectivity index (χ4v) is 2.18. The van der Waals surface area contributed by atoms with Crippen molar-refractivity contribution in [2.45, 2.75) is 39.3 Å². The van der Waals surface area contributed by atoms with Crippen molar-refractivity contribution in [2.75, 3.05) is 26.7 Å². The first kappa shape index (κ1) is 13.5. The smallest absolute Gasteiger partial charge is 0.240 e. The highest BCUT2D eigenvalue weighted by Gasteiger charge is 2.28. The second-order valence-corrected chi connectivity index (χ2v) is 5.27. The molecule has 2 atom stereocenters. The Morgan fingerprint density at radius 2 is 2.00 bits per heavy atom. The SMILES string of the molecule is CC(C)[C@H](N)C(=O)N1CCCN(C)CC1C. The third-order valence-electron chi connectivity index (χ3n) is 3.33. The van der Waals surface area contributed by atoms with Crippen LogP contribution < -0.4 is 5.73 Å². The summed E-state index contributed by atoms with van der Waals surface area (Å²) in [7, 11) is 2.10. The minimum absolute atomic E-state index is 0.109. The Morgan fingerprint density at radius 3 is 2.56 bits per heavy atom. The second kappa shape index (κ2) is 5.64. The van der Waals surface area contributed by atoms with Crippen LogP contribution in [0.25, 0.3) is 0 Å². The molecule has 0 aliphatic carbocycles. The average molecular weight is 227 g/mol. The molecule has 0 bridgehead atoms. The highest BCUT2D eigenvalue weighted by molar-refractivity contribution is 5.82. The van der Waals surface area contributed by atoms with Crippen molar-refractivity contribution < 1.29 is 4.79 Å². The molecule has 2 N–H and O–H groups in total. The predicted octanol–water partition coefficient (Wildman–Crippen LogP) is 0.522. The van der Waals surface area contributed by atoms with Crippen molar-refractivity contribution in [2.24, 2.45) is 11.7 Å². The lowest BCUT2D eigenvalue weighted by molar-refractivity contribution is -0.135. The summed E-state index contributed by atoms with van der Waals surface area (Å²) in [6, 6.07) is -0.0874. The van der Waals surface area contributed by atoms with Crippen LogP contribution in [0.3, 0.4) is 0 Å². The predicted molar refractivity (Wildman–Crippen MR) is 66.1 cm³/mol. The Morgan fingerprint density at radius 1 is 1.38 bits per heavy atom. The van der Waals surface area contributed by atoms with E-state index >= 15 is 0 Å². The van der Waals surface area contributed by atoms with Gasteiger partial charge in [0.15, 0.2) is 0 Å². The van der Waals surface area contributed by atoms with E-state index in [0.717, 1.165) is 26.1 Å². The molecule has 1 fully saturated rings. The number of amides is 1. The van der Waals surface area contributed by atoms with Gasteiger partial charge in [0.25, 0.3) is 0 Å². The molecule has 1 unspecified atom stereocenters. The molecule has 0 aromatic heterocycles. The first-order chi connectivity index (χ1) is 7.43. The standard InChI is InChI=1S/C12H25N3O/c1-9(2)11(13)12(16)15-7-5-6-14(4)8-10(15)3/h9-11H,5-8,13H2,1-4H3/t10?,11-/m0/s1. The third kappa shape index (κ3) is 3.19. The van der Waals surface area contributed by atoms with E-state index in [9.17, 15) is 4.79 Å². The van der Waals surface area contributed by atoms with Crippen molar-refractivity contribution in [1.29, 1.82) is 0 Å². The van der Waals surface area contributed by atoms with Gasteiger partial charge in [-0.05, 0) is 32.9 Å². The number of nitrogens with two attached hydrogens (primary N) is 1. The van der Waals surface area contributed by atoms with Gasteiger partial charge in [-0.25, -0.2) is 0 Å². The third-order valence-corrected chi connectivity index (χ3v) is 3.33. The van der Waals surface area contributed by atoms with Crippen LogP contribution in [0, 0.1) is 5.92 Å². The molecule has 0 aromatic carbocycles. The van der Waals surface area contributed by atoms with Crippen LogP contribution in [0.4, 0.5) is 0 Å². The molecule has 4 nitrogen and oxygen atoms in total. The topological polar surface area (TPSA) is 49.6 Å². The summed E-state index contributed by atoms with van der Waals surface area (Å²) in [5.41, 5.74) is 5.93. The van der Waals surface area contributed by atoms with Crippen LogP contribution in [-0.2, 0) is 4.79 Å². The molecule has 1 heterocycles. The fraction of sp³-hybridized carbons (Fsp3) is 0.917. The average Bonchev–Trinajstić information content (AvgIpc) is 2.37. The number of carbonyl (C=O) groups excluding carboxylic acids is 1. The molecule has 1 amide bonds. The molecule has 0 radical (unpaired) electrons. The van der Waals surface area contributed by atoms with Crippen LogP contribution in [0.2, 0.25) is 0 Å². The van der Waals surface area contributed by atoms with Gasteiger partial charge in [0.1, 0.15) is 0 Å². The number of hydrogen-bond acceptors (Lipinski definition) is 3. The maximum Gasteiger partial charge on any atom is 0.240 e. The van der Waals surface area contributed by atoms with Gasteiger partial charge in [0.05, 0.1) is 6.04 Å². The van der Waals surface area contributed by atoms with Crippen molar-refractivity contribution >= 4 is 5.91 Å². The van der Waals surface area contributed by atoms with E-state index < -0.39 is 0 Å². The van der Waals surface area contributed by atoms with Crippen molar-refractivity contribution in [3.63, 3.8) is 0 Å². The van der Waals surface area contributed by atoms with Gasteiger partial charge in [0, 0.05) is 19.1 Å². The molecule has 0 saturated carbocycles. The van der Waals surface area contributed by atoms with Gasteiger partial charge in [0.2, 0.25) is 5.91 Å². The molecule has 1 aliphatic rings. The van der Waals surface area contributed by atoms with E-state index in [1.807, 2.05) is 18.7 Å². The maximum absolute atomic E-state index is 12.2. The highest BCUT2D eigenvalue weighted by Crippen LogP contribution is 2.12. The molecule has 0 spiro atoms. The van der Waals surface area contributed by atoms with E-state index in [2.05, 4.69) is 18.9 Å². The molecular formula is C12H25N3O. The molecular weight excluding hydrogens is 202 g/mol. The summed E-state index contributed by atoms with van der Waals surface area (Å²) in [6.07, 6.45) is 1.04. The van der Waals surface area contributed by atoms with Gasteiger partial charge in [-0.3, -0.25) is 4.79 Å². The quantitative estimate of drug-likeness (QED) is 0.748. The summed E-state index contributed by atoms with van der Waals surface area (Å²) in [5.74, 6) is 0.318. The van der Waals surface area contributed by atoms with Crippen molar-refractivity contribution in [3.8, 4) is 0 Å². The maximum atomic E-state index is 12.2. The van der Waals surface area contributed by atoms with Crippen LogP contribution in [0.15, 0.2) is 0 Å². The first-order valence-electron chi connectivity index (χ1n) is 6.18. The molecule has 94 valence electrons. The first-order valence-corrected chi connectivity index (χ1v) is 6.18. The molecule has 1 aliphatic heterocycles. The molecule has 1 rings (SSSR count). The Bertz CT molecular complexity index is 242. The number of likely N-dealkylation sites (N-methyl/N-ethyl adjacent to an activating group) is 1. The number of carbonyl (C=O) groups is 1. The van der Waals surface area contributed by atoms with Crippen molar-refractivity contribution in [3.05, 3.63) is 0 Å². The lowest BCUT2D eigenvalue weighted by Gasteiger charge is -2.31. The van der Waals surface area contributed by atoms with Crippen LogP contribution in [-0.4, -0.2) is 54.5 Å². The Kier molecular flexibility index (Phi) is 4.74. The van der Waals surface area contributed by atoms with Gasteiger partial charge in [-0.15, -0.1) is 0 Å². The van der Waals surface area contributed by atoms with E-state index in [1.54, 1.807) is 0 Å². The zero-order valence-corrected chi connectivity index (χ0v) is 10.9. The Labute approximate surface area is 98.8 Å². The van der Waals surface area contributed by atoms with Crippen LogP contribution >= 0.6 is 0 Å². The molecule has 16 heavy (non-hydrogen) atoms. The van der Waals surface area contributed by atoms with Crippen molar-refractivity contribution in [1.82, 2.24) is 9.80 Å². The Hall–Kier alpha value is -0.610. The summed E-state index contributed by atoms with van der Waals surface area (Å²) < 4.78 is 0. The minimum atomic E-state index is -0.356. The number of hydrogen-bond donors (Lipinski definition) is 1. The lowest BCUT2D eigenvalue weighted by Crippen LogP contribution is -2.51. The highest BCUT2D eigenvalue weighted by atomic mass is 16.2. The molecule has 4 heteroatoms. The van der Waals surface area contributed by atoms with Gasteiger partial charge in [-0.2, -0.15) is 0 Å². The summed E-state index contributed by atoms with van der Waals surface area (Å²) in [6.45, 7) is 8.94. The van der Waals surface area contributed by atoms with E-state index in [0.29, 0.717) is 0 Å². The monoisotopic (exact) mass is 227 g/mol.